The summed E-state index contributed by atoms with van der Waals surface area (Å²) in [6.45, 7) is 5.49. The van der Waals surface area contributed by atoms with Crippen LogP contribution in [0.4, 0.5) is 4.79 Å². The molecule has 3 heterocycles. The molecule has 6 heteroatoms. The number of ether oxygens (including phenoxy) is 1. The highest BCUT2D eigenvalue weighted by molar-refractivity contribution is 5.96. The minimum Gasteiger partial charge on any atom is -0.443 e. The number of amides is 1. The van der Waals surface area contributed by atoms with Gasteiger partial charge in [0.1, 0.15) is 11.9 Å². The van der Waals surface area contributed by atoms with E-state index in [0.717, 1.165) is 28.4 Å². The second kappa shape index (κ2) is 5.69. The molecule has 1 amide bonds. The average Bonchev–Trinajstić information content (AvgIpc) is 3.11. The third-order valence-corrected chi connectivity index (χ3v) is 5.09. The van der Waals surface area contributed by atoms with Crippen molar-refractivity contribution in [3.63, 3.8) is 0 Å². The Morgan fingerprint density at radius 2 is 2.00 bits per heavy atom. The fourth-order valence-corrected chi connectivity index (χ4v) is 4.20. The Morgan fingerprint density at radius 3 is 2.69 bits per heavy atom. The monoisotopic (exact) mass is 354 g/mol. The molecule has 2 aliphatic rings. The molecule has 1 aromatic carbocycles. The predicted molar refractivity (Wildman–Crippen MR) is 95.9 cm³/mol. The van der Waals surface area contributed by atoms with Gasteiger partial charge in [-0.05, 0) is 38.8 Å². The van der Waals surface area contributed by atoms with Crippen LogP contribution in [0.15, 0.2) is 24.3 Å². The number of hydrogen-bond acceptors (Lipinski definition) is 4. The van der Waals surface area contributed by atoms with Crippen molar-refractivity contribution >= 4 is 29.2 Å². The zero-order chi connectivity index (χ0) is 18.6. The summed E-state index contributed by atoms with van der Waals surface area (Å²) in [6.07, 6.45) is 1.83. The Kier molecular flexibility index (Phi) is 3.68. The summed E-state index contributed by atoms with van der Waals surface area (Å²) in [6, 6.07) is 6.91. The van der Waals surface area contributed by atoms with Crippen LogP contribution in [0.5, 0.6) is 0 Å². The van der Waals surface area contributed by atoms with Gasteiger partial charge in [-0.3, -0.25) is 4.79 Å². The standard InChI is InChI=1S/C20H22N2O4/c1-20(2,3)26-19(25)22-15-7-5-4-6-13(15)14-10-12(11-23)21-16(18(14)22)8-9-17(21)24/h4-7,11-12,16H,8-10H2,1-3H3/t12-,16+/m0/s1. The van der Waals surface area contributed by atoms with E-state index in [4.69, 9.17) is 4.74 Å². The number of aldehydes is 1. The number of para-hydroxylation sites is 1. The average molecular weight is 354 g/mol. The van der Waals surface area contributed by atoms with Gasteiger partial charge in [-0.25, -0.2) is 9.36 Å². The molecule has 0 spiro atoms. The van der Waals surface area contributed by atoms with Crippen LogP contribution in [0.25, 0.3) is 10.9 Å². The van der Waals surface area contributed by atoms with Crippen molar-refractivity contribution in [3.05, 3.63) is 35.5 Å². The number of hydrogen-bond donors (Lipinski definition) is 0. The van der Waals surface area contributed by atoms with Gasteiger partial charge in [0.2, 0.25) is 5.91 Å². The molecule has 2 aliphatic heterocycles. The predicted octanol–water partition coefficient (Wildman–Crippen LogP) is 3.21. The summed E-state index contributed by atoms with van der Waals surface area (Å²) in [7, 11) is 0. The molecule has 1 fully saturated rings. The molecule has 2 atom stereocenters. The summed E-state index contributed by atoms with van der Waals surface area (Å²) < 4.78 is 7.24. The molecule has 136 valence electrons. The van der Waals surface area contributed by atoms with E-state index in [-0.39, 0.29) is 11.9 Å². The number of nitrogens with zero attached hydrogens (tertiary/aromatic N) is 2. The lowest BCUT2D eigenvalue weighted by Crippen LogP contribution is -2.45. The maximum atomic E-state index is 13.0. The van der Waals surface area contributed by atoms with Crippen LogP contribution in [0.2, 0.25) is 0 Å². The van der Waals surface area contributed by atoms with Gasteiger partial charge in [0.25, 0.3) is 0 Å². The van der Waals surface area contributed by atoms with Gasteiger partial charge in [0.05, 0.1) is 23.3 Å². The summed E-state index contributed by atoms with van der Waals surface area (Å²) in [4.78, 5) is 38.6. The van der Waals surface area contributed by atoms with Crippen molar-refractivity contribution in [2.24, 2.45) is 0 Å². The van der Waals surface area contributed by atoms with Crippen LogP contribution in [0.1, 0.15) is 50.9 Å². The molecule has 6 nitrogen and oxygen atoms in total. The maximum Gasteiger partial charge on any atom is 0.419 e. The first-order valence-corrected chi connectivity index (χ1v) is 8.94. The van der Waals surface area contributed by atoms with Crippen molar-refractivity contribution in [3.8, 4) is 0 Å². The Hall–Kier alpha value is -2.63. The highest BCUT2D eigenvalue weighted by Gasteiger charge is 2.45. The number of fused-ring (bicyclic) bond motifs is 5. The summed E-state index contributed by atoms with van der Waals surface area (Å²) in [5.41, 5.74) is 1.90. The molecule has 0 radical (unpaired) electrons. The van der Waals surface area contributed by atoms with E-state index in [1.807, 2.05) is 45.0 Å². The van der Waals surface area contributed by atoms with Crippen LogP contribution in [0, 0.1) is 0 Å². The zero-order valence-electron chi connectivity index (χ0n) is 15.2. The molecular weight excluding hydrogens is 332 g/mol. The highest BCUT2D eigenvalue weighted by atomic mass is 16.6. The van der Waals surface area contributed by atoms with Crippen LogP contribution < -0.4 is 0 Å². The van der Waals surface area contributed by atoms with E-state index >= 15 is 0 Å². The number of carbonyl (C=O) groups excluding carboxylic acids is 3. The van der Waals surface area contributed by atoms with Gasteiger partial charge in [0, 0.05) is 18.2 Å². The minimum absolute atomic E-state index is 0.0289. The molecule has 0 saturated carbocycles. The van der Waals surface area contributed by atoms with Crippen LogP contribution >= 0.6 is 0 Å². The van der Waals surface area contributed by atoms with E-state index in [1.165, 1.54) is 0 Å². The Bertz CT molecular complexity index is 922. The fraction of sp³-hybridized carbons (Fsp3) is 0.450. The van der Waals surface area contributed by atoms with Crippen molar-refractivity contribution in [2.45, 2.75) is 57.7 Å². The summed E-state index contributed by atoms with van der Waals surface area (Å²) >= 11 is 0. The second-order valence-electron chi connectivity index (χ2n) is 7.96. The smallest absolute Gasteiger partial charge is 0.419 e. The Balaban J connectivity index is 1.96. The first-order chi connectivity index (χ1) is 12.3. The van der Waals surface area contributed by atoms with Crippen LogP contribution in [-0.4, -0.2) is 39.4 Å². The van der Waals surface area contributed by atoms with E-state index in [1.54, 1.807) is 9.47 Å². The third-order valence-electron chi connectivity index (χ3n) is 5.09. The lowest BCUT2D eigenvalue weighted by Gasteiger charge is -2.36. The molecule has 1 saturated heterocycles. The second-order valence-corrected chi connectivity index (χ2v) is 7.96. The van der Waals surface area contributed by atoms with Gasteiger partial charge >= 0.3 is 6.09 Å². The normalized spacial score (nSPS) is 22.3. The number of benzene rings is 1. The van der Waals surface area contributed by atoms with Crippen molar-refractivity contribution in [1.82, 2.24) is 9.47 Å². The molecule has 26 heavy (non-hydrogen) atoms. The fourth-order valence-electron chi connectivity index (χ4n) is 4.20. The molecule has 0 aliphatic carbocycles. The minimum atomic E-state index is -0.624. The van der Waals surface area contributed by atoms with Gasteiger partial charge in [-0.15, -0.1) is 0 Å². The first kappa shape index (κ1) is 16.8. The molecule has 2 aromatic rings. The zero-order valence-corrected chi connectivity index (χ0v) is 15.2. The van der Waals surface area contributed by atoms with Crippen molar-refractivity contribution in [2.75, 3.05) is 0 Å². The van der Waals surface area contributed by atoms with Crippen molar-refractivity contribution < 1.29 is 19.1 Å². The Morgan fingerprint density at radius 1 is 1.27 bits per heavy atom. The number of aromatic nitrogens is 1. The molecule has 0 N–H and O–H groups in total. The summed E-state index contributed by atoms with van der Waals surface area (Å²) in [5, 5.41) is 0.944. The Labute approximate surface area is 151 Å². The SMILES string of the molecule is CC(C)(C)OC(=O)n1c2c(c3ccccc31)C[C@@H](C=O)N1C(=O)CC[C@H]21. The van der Waals surface area contributed by atoms with Gasteiger partial charge in [-0.1, -0.05) is 18.2 Å². The first-order valence-electron chi connectivity index (χ1n) is 8.94. The molecule has 0 unspecified atom stereocenters. The van der Waals surface area contributed by atoms with Gasteiger partial charge in [0.15, 0.2) is 0 Å². The van der Waals surface area contributed by atoms with E-state index in [0.29, 0.717) is 19.3 Å². The molecular formula is C20H22N2O4. The van der Waals surface area contributed by atoms with Crippen LogP contribution in [-0.2, 0) is 20.7 Å². The van der Waals surface area contributed by atoms with E-state index in [9.17, 15) is 14.4 Å². The molecule has 4 rings (SSSR count). The maximum absolute atomic E-state index is 13.0. The number of rotatable bonds is 1. The molecule has 0 bridgehead atoms. The molecule has 1 aromatic heterocycles. The third kappa shape index (κ3) is 2.43. The largest absolute Gasteiger partial charge is 0.443 e. The lowest BCUT2D eigenvalue weighted by molar-refractivity contribution is -0.135. The van der Waals surface area contributed by atoms with E-state index < -0.39 is 17.7 Å². The van der Waals surface area contributed by atoms with Crippen LogP contribution in [0.3, 0.4) is 0 Å². The highest BCUT2D eigenvalue weighted by Crippen LogP contribution is 2.44. The summed E-state index contributed by atoms with van der Waals surface area (Å²) in [5.74, 6) is -0.0289. The number of carbonyl (C=O) groups is 3. The topological polar surface area (TPSA) is 68.6 Å². The van der Waals surface area contributed by atoms with Gasteiger partial charge < -0.3 is 14.4 Å². The van der Waals surface area contributed by atoms with E-state index in [2.05, 4.69) is 0 Å². The van der Waals surface area contributed by atoms with Crippen molar-refractivity contribution in [1.29, 1.82) is 0 Å². The lowest BCUT2D eigenvalue weighted by atomic mass is 9.93. The van der Waals surface area contributed by atoms with Gasteiger partial charge in [-0.2, -0.15) is 0 Å². The quantitative estimate of drug-likeness (QED) is 0.738.